The molecule has 0 saturated carbocycles. The molecule has 1 aromatic heterocycles. The lowest BCUT2D eigenvalue weighted by molar-refractivity contribution is 0.0998. The van der Waals surface area contributed by atoms with Gasteiger partial charge in [-0.25, -0.2) is 4.98 Å². The highest BCUT2D eigenvalue weighted by atomic mass is 35.5. The summed E-state index contributed by atoms with van der Waals surface area (Å²) in [5, 5.41) is 12.2. The fourth-order valence-electron chi connectivity index (χ4n) is 3.45. The first-order valence-electron chi connectivity index (χ1n) is 11.1. The van der Waals surface area contributed by atoms with Gasteiger partial charge in [-0.2, -0.15) is 0 Å². The van der Waals surface area contributed by atoms with Crippen LogP contribution in [0.2, 0.25) is 15.1 Å². The van der Waals surface area contributed by atoms with Gasteiger partial charge in [0.05, 0.1) is 40.2 Å². The van der Waals surface area contributed by atoms with Gasteiger partial charge in [-0.15, -0.1) is 11.3 Å². The largest absolute Gasteiger partial charge is 0.495 e. The van der Waals surface area contributed by atoms with Gasteiger partial charge in [0.25, 0.3) is 5.91 Å². The van der Waals surface area contributed by atoms with E-state index in [-0.39, 0.29) is 10.6 Å². The lowest BCUT2D eigenvalue weighted by atomic mass is 10.1. The molecule has 1 unspecified atom stereocenters. The minimum atomic E-state index is -0.777. The van der Waals surface area contributed by atoms with Gasteiger partial charge in [0.1, 0.15) is 5.75 Å². The quantitative estimate of drug-likeness (QED) is 0.245. The molecule has 0 radical (unpaired) electrons. The number of amides is 1. The van der Waals surface area contributed by atoms with E-state index in [1.165, 1.54) is 29.4 Å². The van der Waals surface area contributed by atoms with Gasteiger partial charge in [-0.05, 0) is 56.5 Å². The van der Waals surface area contributed by atoms with E-state index in [0.717, 1.165) is 11.3 Å². The Morgan fingerprint density at radius 2 is 1.91 bits per heavy atom. The number of hydrogen-bond acceptors (Lipinski definition) is 6. The third kappa shape index (κ3) is 6.88. The summed E-state index contributed by atoms with van der Waals surface area (Å²) in [6.07, 6.45) is 1.37. The first kappa shape index (κ1) is 27.7. The highest BCUT2D eigenvalue weighted by molar-refractivity contribution is 7.16. The van der Waals surface area contributed by atoms with Gasteiger partial charge in [0, 0.05) is 29.2 Å². The van der Waals surface area contributed by atoms with Crippen molar-refractivity contribution in [3.63, 3.8) is 0 Å². The van der Waals surface area contributed by atoms with Gasteiger partial charge >= 0.3 is 0 Å². The number of methoxy groups -OCH3 is 1. The zero-order chi connectivity index (χ0) is 25.5. The van der Waals surface area contributed by atoms with Crippen molar-refractivity contribution < 1.29 is 19.4 Å². The molecule has 0 aliphatic heterocycles. The van der Waals surface area contributed by atoms with E-state index in [0.29, 0.717) is 58.4 Å². The summed E-state index contributed by atoms with van der Waals surface area (Å²) in [4.78, 5) is 20.6. The molecule has 1 heterocycles. The maximum Gasteiger partial charge on any atom is 0.266 e. The second-order valence-corrected chi connectivity index (χ2v) is 10.2. The van der Waals surface area contributed by atoms with Crippen LogP contribution in [-0.4, -0.2) is 36.3 Å². The van der Waals surface area contributed by atoms with Gasteiger partial charge < -0.3 is 14.6 Å². The monoisotopic (exact) mass is 556 g/mol. The normalized spacial score (nSPS) is 12.0. The minimum absolute atomic E-state index is 0.217. The van der Waals surface area contributed by atoms with Gasteiger partial charge in [0.15, 0.2) is 5.13 Å². The molecule has 0 fully saturated rings. The number of thiazole rings is 1. The Morgan fingerprint density at radius 3 is 2.60 bits per heavy atom. The summed E-state index contributed by atoms with van der Waals surface area (Å²) < 4.78 is 10.9. The number of halogens is 3. The second kappa shape index (κ2) is 12.9. The third-order valence-electron chi connectivity index (χ3n) is 5.20. The van der Waals surface area contributed by atoms with Crippen LogP contribution in [0.15, 0.2) is 36.4 Å². The number of anilines is 2. The number of hydrogen-bond donors (Lipinski definition) is 1. The summed E-state index contributed by atoms with van der Waals surface area (Å²) in [7, 11) is 1.50. The fraction of sp³-hybridized carbons (Fsp3) is 0.360. The molecule has 188 valence electrons. The summed E-state index contributed by atoms with van der Waals surface area (Å²) >= 11 is 19.9. The number of nitrogens with zero attached hydrogens (tertiary/aromatic N) is 2. The number of aryl methyl sites for hydroxylation is 1. The molecule has 1 amide bonds. The van der Waals surface area contributed by atoms with E-state index < -0.39 is 12.0 Å². The third-order valence-corrected chi connectivity index (χ3v) is 7.03. The van der Waals surface area contributed by atoms with Crippen molar-refractivity contribution >= 4 is 62.9 Å². The van der Waals surface area contributed by atoms with E-state index in [9.17, 15) is 9.90 Å². The molecule has 0 bridgehead atoms. The predicted octanol–water partition coefficient (Wildman–Crippen LogP) is 7.64. The lowest BCUT2D eigenvalue weighted by Crippen LogP contribution is -2.26. The molecule has 35 heavy (non-hydrogen) atoms. The molecule has 3 rings (SSSR count). The van der Waals surface area contributed by atoms with Crippen LogP contribution in [0.3, 0.4) is 0 Å². The molecule has 3 aromatic rings. The van der Waals surface area contributed by atoms with Crippen LogP contribution in [0.5, 0.6) is 5.75 Å². The lowest BCUT2D eigenvalue weighted by Gasteiger charge is -2.22. The van der Waals surface area contributed by atoms with Crippen molar-refractivity contribution in [2.24, 2.45) is 0 Å². The SMILES string of the molecule is CCCOCCCC(O)c1nc(N(C(=O)c2ccc(Cl)cc2Cl)c2ccc(Cl)c(OC)c2)sc1C. The molecule has 1 atom stereocenters. The van der Waals surface area contributed by atoms with E-state index in [1.54, 1.807) is 30.3 Å². The van der Waals surface area contributed by atoms with Crippen molar-refractivity contribution in [3.05, 3.63) is 67.6 Å². The molecule has 0 spiro atoms. The van der Waals surface area contributed by atoms with Crippen LogP contribution in [0, 0.1) is 6.92 Å². The smallest absolute Gasteiger partial charge is 0.266 e. The van der Waals surface area contributed by atoms with Crippen molar-refractivity contribution in [1.29, 1.82) is 0 Å². The standard InChI is InChI=1S/C25H27Cl3N2O4S/c1-4-11-34-12-5-6-21(31)23-15(2)35-25(29-23)30(17-8-10-19(27)22(14-17)33-3)24(32)18-9-7-16(26)13-20(18)28/h7-10,13-14,21,31H,4-6,11-12H2,1-3H3. The molecular weight excluding hydrogens is 531 g/mol. The topological polar surface area (TPSA) is 71.9 Å². The number of aromatic nitrogens is 1. The fourth-order valence-corrected chi connectivity index (χ4v) is 5.11. The predicted molar refractivity (Wildman–Crippen MR) is 143 cm³/mol. The van der Waals surface area contributed by atoms with E-state index in [2.05, 4.69) is 11.9 Å². The molecule has 0 aliphatic rings. The first-order valence-corrected chi connectivity index (χ1v) is 13.1. The maximum atomic E-state index is 13.7. The second-order valence-electron chi connectivity index (χ2n) is 7.79. The number of carbonyl (C=O) groups excluding carboxylic acids is 1. The molecule has 1 N–H and O–H groups in total. The highest BCUT2D eigenvalue weighted by Gasteiger charge is 2.28. The van der Waals surface area contributed by atoms with Crippen molar-refractivity contribution in [3.8, 4) is 5.75 Å². The van der Waals surface area contributed by atoms with Crippen LogP contribution in [0.1, 0.15) is 53.2 Å². The average Bonchev–Trinajstić information content (AvgIpc) is 3.20. The summed E-state index contributed by atoms with van der Waals surface area (Å²) in [5.74, 6) is 0.00332. The molecule has 6 nitrogen and oxygen atoms in total. The van der Waals surface area contributed by atoms with E-state index in [1.807, 2.05) is 6.92 Å². The van der Waals surface area contributed by atoms with Crippen LogP contribution in [0.25, 0.3) is 0 Å². The number of ether oxygens (including phenoxy) is 2. The molecule has 0 saturated heterocycles. The molecule has 0 aliphatic carbocycles. The first-order chi connectivity index (χ1) is 16.8. The Labute approximate surface area is 224 Å². The van der Waals surface area contributed by atoms with Crippen molar-refractivity contribution in [2.75, 3.05) is 25.2 Å². The van der Waals surface area contributed by atoms with Crippen molar-refractivity contribution in [2.45, 2.75) is 39.2 Å². The Hall–Kier alpha value is -1.87. The number of rotatable bonds is 11. The molecule has 10 heteroatoms. The summed E-state index contributed by atoms with van der Waals surface area (Å²) in [6, 6.07) is 9.68. The van der Waals surface area contributed by atoms with E-state index in [4.69, 9.17) is 44.3 Å². The number of benzene rings is 2. The van der Waals surface area contributed by atoms with Crippen LogP contribution < -0.4 is 9.64 Å². The number of carbonyl (C=O) groups is 1. The van der Waals surface area contributed by atoms with Crippen LogP contribution >= 0.6 is 46.1 Å². The minimum Gasteiger partial charge on any atom is -0.495 e. The Balaban J connectivity index is 1.98. The molecule has 2 aromatic carbocycles. The Bertz CT molecular complexity index is 1170. The van der Waals surface area contributed by atoms with Crippen molar-refractivity contribution in [1.82, 2.24) is 4.98 Å². The van der Waals surface area contributed by atoms with Gasteiger partial charge in [-0.3, -0.25) is 9.69 Å². The zero-order valence-electron chi connectivity index (χ0n) is 19.7. The number of aliphatic hydroxyl groups excluding tert-OH is 1. The van der Waals surface area contributed by atoms with Gasteiger partial charge in [0.2, 0.25) is 0 Å². The highest BCUT2D eigenvalue weighted by Crippen LogP contribution is 2.39. The van der Waals surface area contributed by atoms with E-state index >= 15 is 0 Å². The zero-order valence-corrected chi connectivity index (χ0v) is 22.8. The summed E-state index contributed by atoms with van der Waals surface area (Å²) in [6.45, 7) is 5.19. The van der Waals surface area contributed by atoms with Gasteiger partial charge in [-0.1, -0.05) is 41.7 Å². The number of aliphatic hydroxyl groups is 1. The molecular formula is C25H27Cl3N2O4S. The Morgan fingerprint density at radius 1 is 1.14 bits per heavy atom. The van der Waals surface area contributed by atoms with Crippen LogP contribution in [-0.2, 0) is 4.74 Å². The average molecular weight is 558 g/mol. The summed E-state index contributed by atoms with van der Waals surface area (Å²) in [5.41, 5.74) is 1.28. The van der Waals surface area contributed by atoms with Crippen LogP contribution in [0.4, 0.5) is 10.8 Å². The Kier molecular flexibility index (Phi) is 10.2. The maximum absolute atomic E-state index is 13.7.